The molecular formula is C8H6IN. The van der Waals surface area contributed by atoms with Crippen molar-refractivity contribution < 1.29 is 0 Å². The van der Waals surface area contributed by atoms with Crippen LogP contribution in [0.15, 0.2) is 18.2 Å². The Labute approximate surface area is 73.8 Å². The molecule has 0 heterocycles. The monoisotopic (exact) mass is 243 g/mol. The molecule has 0 aromatic heterocycles. The van der Waals surface area contributed by atoms with Crippen LogP contribution in [0.1, 0.15) is 11.1 Å². The van der Waals surface area contributed by atoms with Crippen LogP contribution in [0.5, 0.6) is 0 Å². The average Bonchev–Trinajstić information content (AvgIpc) is 1.88. The van der Waals surface area contributed by atoms with Crippen molar-refractivity contribution in [1.82, 2.24) is 0 Å². The van der Waals surface area contributed by atoms with Gasteiger partial charge in [-0.25, -0.2) is 0 Å². The van der Waals surface area contributed by atoms with Gasteiger partial charge < -0.3 is 0 Å². The molecule has 0 amide bonds. The largest absolute Gasteiger partial charge is 0.192 e. The van der Waals surface area contributed by atoms with E-state index in [4.69, 9.17) is 5.26 Å². The van der Waals surface area contributed by atoms with Crippen LogP contribution in [0.25, 0.3) is 0 Å². The Morgan fingerprint density at radius 2 is 2.20 bits per heavy atom. The van der Waals surface area contributed by atoms with Crippen molar-refractivity contribution in [3.05, 3.63) is 32.9 Å². The van der Waals surface area contributed by atoms with Crippen LogP contribution in [0.4, 0.5) is 0 Å². The molecule has 0 aliphatic rings. The predicted octanol–water partition coefficient (Wildman–Crippen LogP) is 2.47. The van der Waals surface area contributed by atoms with Crippen molar-refractivity contribution in [2.24, 2.45) is 0 Å². The van der Waals surface area contributed by atoms with E-state index in [0.29, 0.717) is 0 Å². The van der Waals surface area contributed by atoms with Crippen molar-refractivity contribution in [3.63, 3.8) is 0 Å². The highest BCUT2D eigenvalue weighted by Gasteiger charge is 1.95. The quantitative estimate of drug-likeness (QED) is 0.642. The molecule has 0 radical (unpaired) electrons. The normalized spacial score (nSPS) is 8.90. The summed E-state index contributed by atoms with van der Waals surface area (Å²) < 4.78 is 1.03. The lowest BCUT2D eigenvalue weighted by molar-refractivity contribution is 1.40. The highest BCUT2D eigenvalue weighted by molar-refractivity contribution is 14.1. The van der Waals surface area contributed by atoms with Gasteiger partial charge in [0.1, 0.15) is 6.07 Å². The summed E-state index contributed by atoms with van der Waals surface area (Å²) in [5, 5.41) is 8.55. The Balaban J connectivity index is 3.23. The Bertz CT molecular complexity index is 286. The summed E-state index contributed by atoms with van der Waals surface area (Å²) in [6.07, 6.45) is 0. The van der Waals surface area contributed by atoms with Gasteiger partial charge >= 0.3 is 0 Å². The first-order valence-electron chi connectivity index (χ1n) is 2.90. The van der Waals surface area contributed by atoms with E-state index >= 15 is 0 Å². The van der Waals surface area contributed by atoms with E-state index in [-0.39, 0.29) is 0 Å². The van der Waals surface area contributed by atoms with Crippen molar-refractivity contribution in [2.45, 2.75) is 6.92 Å². The van der Waals surface area contributed by atoms with Crippen LogP contribution >= 0.6 is 22.6 Å². The maximum absolute atomic E-state index is 8.55. The molecule has 2 heteroatoms. The number of hydrogen-bond donors (Lipinski definition) is 0. The second kappa shape index (κ2) is 3.02. The highest BCUT2D eigenvalue weighted by atomic mass is 127. The topological polar surface area (TPSA) is 23.8 Å². The molecule has 0 saturated carbocycles. The highest BCUT2D eigenvalue weighted by Crippen LogP contribution is 2.12. The molecule has 0 fully saturated rings. The molecule has 10 heavy (non-hydrogen) atoms. The van der Waals surface area contributed by atoms with Crippen LogP contribution in [0.3, 0.4) is 0 Å². The van der Waals surface area contributed by atoms with Crippen LogP contribution in [-0.2, 0) is 0 Å². The first-order valence-corrected chi connectivity index (χ1v) is 3.98. The Morgan fingerprint density at radius 1 is 1.50 bits per heavy atom. The first-order chi connectivity index (χ1) is 4.74. The lowest BCUT2D eigenvalue weighted by atomic mass is 10.2. The molecule has 0 aliphatic heterocycles. The minimum Gasteiger partial charge on any atom is -0.192 e. The van der Waals surface area contributed by atoms with Crippen LogP contribution in [-0.4, -0.2) is 0 Å². The van der Waals surface area contributed by atoms with E-state index in [1.165, 1.54) is 5.56 Å². The summed E-state index contributed by atoms with van der Waals surface area (Å²) in [7, 11) is 0. The summed E-state index contributed by atoms with van der Waals surface area (Å²) in [5.74, 6) is 0. The molecule has 0 unspecified atom stereocenters. The third-order valence-corrected chi connectivity index (χ3v) is 2.14. The zero-order valence-corrected chi connectivity index (χ0v) is 7.71. The van der Waals surface area contributed by atoms with Crippen LogP contribution in [0.2, 0.25) is 0 Å². The van der Waals surface area contributed by atoms with Gasteiger partial charge in [0, 0.05) is 3.57 Å². The number of halogens is 1. The van der Waals surface area contributed by atoms with Gasteiger partial charge in [0.05, 0.1) is 5.56 Å². The van der Waals surface area contributed by atoms with E-state index in [2.05, 4.69) is 28.7 Å². The molecule has 0 spiro atoms. The third kappa shape index (κ3) is 1.48. The number of aryl methyl sites for hydroxylation is 1. The van der Waals surface area contributed by atoms with Crippen LogP contribution < -0.4 is 0 Å². The molecule has 0 atom stereocenters. The lowest BCUT2D eigenvalue weighted by Crippen LogP contribution is -1.81. The zero-order chi connectivity index (χ0) is 7.56. The summed E-state index contributed by atoms with van der Waals surface area (Å²) in [6, 6.07) is 7.90. The Morgan fingerprint density at radius 3 is 2.70 bits per heavy atom. The molecule has 0 bridgehead atoms. The number of benzene rings is 1. The predicted molar refractivity (Wildman–Crippen MR) is 48.6 cm³/mol. The van der Waals surface area contributed by atoms with E-state index in [9.17, 15) is 0 Å². The van der Waals surface area contributed by atoms with E-state index in [0.717, 1.165) is 9.13 Å². The molecule has 1 nitrogen and oxygen atoms in total. The fraction of sp³-hybridized carbons (Fsp3) is 0.125. The van der Waals surface area contributed by atoms with Crippen molar-refractivity contribution in [2.75, 3.05) is 0 Å². The smallest absolute Gasteiger partial charge is 0.100 e. The van der Waals surface area contributed by atoms with Gasteiger partial charge in [0.25, 0.3) is 0 Å². The number of nitrogens with zero attached hydrogens (tertiary/aromatic N) is 1. The van der Waals surface area contributed by atoms with Crippen molar-refractivity contribution >= 4 is 22.6 Å². The standard InChI is InChI=1S/C8H6IN/c1-6-2-3-7(5-10)8(9)4-6/h2-4H,1H3. The first kappa shape index (κ1) is 7.55. The molecule has 0 N–H and O–H groups in total. The summed E-state index contributed by atoms with van der Waals surface area (Å²) in [5.41, 5.74) is 1.95. The molecule has 0 aliphatic carbocycles. The molecule has 1 rings (SSSR count). The van der Waals surface area contributed by atoms with Gasteiger partial charge in [-0.3, -0.25) is 0 Å². The minimum atomic E-state index is 0.756. The maximum Gasteiger partial charge on any atom is 0.100 e. The second-order valence-electron chi connectivity index (χ2n) is 2.10. The van der Waals surface area contributed by atoms with Gasteiger partial charge in [-0.15, -0.1) is 0 Å². The number of rotatable bonds is 0. The average molecular weight is 243 g/mol. The van der Waals surface area contributed by atoms with Gasteiger partial charge in [0.15, 0.2) is 0 Å². The third-order valence-electron chi connectivity index (χ3n) is 1.25. The molecule has 50 valence electrons. The van der Waals surface area contributed by atoms with E-state index in [1.54, 1.807) is 0 Å². The Hall–Kier alpha value is -0.560. The number of nitriles is 1. The SMILES string of the molecule is Cc1ccc(C#N)c(I)c1. The van der Waals surface area contributed by atoms with E-state index in [1.807, 2.05) is 25.1 Å². The summed E-state index contributed by atoms with van der Waals surface area (Å²) in [4.78, 5) is 0. The van der Waals surface area contributed by atoms with E-state index < -0.39 is 0 Å². The summed E-state index contributed by atoms with van der Waals surface area (Å²) in [6.45, 7) is 2.02. The molecule has 0 saturated heterocycles. The lowest BCUT2D eigenvalue weighted by Gasteiger charge is -1.94. The molecule has 1 aromatic rings. The fourth-order valence-corrected chi connectivity index (χ4v) is 1.50. The fourth-order valence-electron chi connectivity index (χ4n) is 0.711. The van der Waals surface area contributed by atoms with Crippen LogP contribution in [0, 0.1) is 21.8 Å². The van der Waals surface area contributed by atoms with Crippen molar-refractivity contribution in [3.8, 4) is 6.07 Å². The van der Waals surface area contributed by atoms with Gasteiger partial charge in [-0.05, 0) is 47.2 Å². The maximum atomic E-state index is 8.55. The number of hydrogen-bond acceptors (Lipinski definition) is 1. The zero-order valence-electron chi connectivity index (χ0n) is 5.56. The van der Waals surface area contributed by atoms with Gasteiger partial charge in [-0.1, -0.05) is 6.07 Å². The summed E-state index contributed by atoms with van der Waals surface area (Å²) >= 11 is 2.16. The minimum absolute atomic E-state index is 0.756. The van der Waals surface area contributed by atoms with Gasteiger partial charge in [-0.2, -0.15) is 5.26 Å². The Kier molecular flexibility index (Phi) is 2.28. The molecular weight excluding hydrogens is 237 g/mol. The molecule has 1 aromatic carbocycles. The second-order valence-corrected chi connectivity index (χ2v) is 3.26. The van der Waals surface area contributed by atoms with Gasteiger partial charge in [0.2, 0.25) is 0 Å². The van der Waals surface area contributed by atoms with Crippen molar-refractivity contribution in [1.29, 1.82) is 5.26 Å².